The number of nitrogens with one attached hydrogen (secondary N) is 1. The van der Waals surface area contributed by atoms with E-state index in [-0.39, 0.29) is 24.0 Å². The molecule has 7 heteroatoms. The van der Waals surface area contributed by atoms with Gasteiger partial charge in [0.1, 0.15) is 6.04 Å². The molecule has 1 N–H and O–H groups in total. The number of benzene rings is 1. The first kappa shape index (κ1) is 13.5. The van der Waals surface area contributed by atoms with Crippen molar-refractivity contribution in [2.45, 2.75) is 31.8 Å². The highest BCUT2D eigenvalue weighted by atomic mass is 16.6. The van der Waals surface area contributed by atoms with Crippen LogP contribution in [0.15, 0.2) is 18.2 Å². The molecule has 0 spiro atoms. The molecule has 2 aliphatic heterocycles. The SMILES string of the molecule is O=C1NCCCC[C@@H]1N1Cc2cc([N+](=O)[O-])ccc2C1=O. The van der Waals surface area contributed by atoms with Crippen LogP contribution in [-0.2, 0) is 11.3 Å². The topological polar surface area (TPSA) is 92.6 Å². The third-order valence-corrected chi connectivity index (χ3v) is 4.01. The molecule has 110 valence electrons. The Morgan fingerprint density at radius 3 is 2.86 bits per heavy atom. The third-order valence-electron chi connectivity index (χ3n) is 4.01. The molecule has 3 rings (SSSR count). The normalized spacial score (nSPS) is 21.7. The van der Waals surface area contributed by atoms with Crippen LogP contribution >= 0.6 is 0 Å². The van der Waals surface area contributed by atoms with E-state index in [1.807, 2.05) is 0 Å². The van der Waals surface area contributed by atoms with Crippen LogP contribution in [0.2, 0.25) is 0 Å². The Kier molecular flexibility index (Phi) is 3.32. The molecule has 1 aromatic carbocycles. The number of rotatable bonds is 2. The van der Waals surface area contributed by atoms with E-state index >= 15 is 0 Å². The van der Waals surface area contributed by atoms with E-state index in [1.54, 1.807) is 0 Å². The number of carbonyl (C=O) groups is 2. The van der Waals surface area contributed by atoms with Gasteiger partial charge in [0.05, 0.1) is 4.92 Å². The van der Waals surface area contributed by atoms with Crippen molar-refractivity contribution < 1.29 is 14.5 Å². The maximum absolute atomic E-state index is 12.4. The van der Waals surface area contributed by atoms with Gasteiger partial charge in [-0.05, 0) is 30.9 Å². The van der Waals surface area contributed by atoms with Crippen LogP contribution in [0.1, 0.15) is 35.2 Å². The van der Waals surface area contributed by atoms with Gasteiger partial charge in [0.2, 0.25) is 5.91 Å². The van der Waals surface area contributed by atoms with Gasteiger partial charge in [-0.25, -0.2) is 0 Å². The summed E-state index contributed by atoms with van der Waals surface area (Å²) in [4.78, 5) is 36.3. The molecule has 0 bridgehead atoms. The van der Waals surface area contributed by atoms with Crippen molar-refractivity contribution in [1.29, 1.82) is 0 Å². The van der Waals surface area contributed by atoms with E-state index in [0.717, 1.165) is 12.8 Å². The summed E-state index contributed by atoms with van der Waals surface area (Å²) in [5.74, 6) is -0.356. The maximum Gasteiger partial charge on any atom is 0.269 e. The number of nitrogens with zero attached hydrogens (tertiary/aromatic N) is 2. The zero-order valence-electron chi connectivity index (χ0n) is 11.4. The van der Waals surface area contributed by atoms with Gasteiger partial charge in [0.25, 0.3) is 11.6 Å². The second-order valence-corrected chi connectivity index (χ2v) is 5.33. The van der Waals surface area contributed by atoms with Crippen molar-refractivity contribution in [3.63, 3.8) is 0 Å². The number of non-ortho nitro benzene ring substituents is 1. The van der Waals surface area contributed by atoms with E-state index in [9.17, 15) is 19.7 Å². The highest BCUT2D eigenvalue weighted by Gasteiger charge is 2.37. The van der Waals surface area contributed by atoms with Gasteiger partial charge in [0, 0.05) is 30.8 Å². The molecule has 7 nitrogen and oxygen atoms in total. The minimum Gasteiger partial charge on any atom is -0.354 e. The average molecular weight is 289 g/mol. The first-order chi connectivity index (χ1) is 10.1. The third kappa shape index (κ3) is 2.35. The Morgan fingerprint density at radius 2 is 2.10 bits per heavy atom. The average Bonchev–Trinajstić information content (AvgIpc) is 2.64. The zero-order chi connectivity index (χ0) is 15.0. The van der Waals surface area contributed by atoms with Crippen molar-refractivity contribution in [2.75, 3.05) is 6.54 Å². The number of hydrogen-bond donors (Lipinski definition) is 1. The summed E-state index contributed by atoms with van der Waals surface area (Å²) in [5, 5.41) is 13.6. The molecule has 21 heavy (non-hydrogen) atoms. The molecular formula is C14H15N3O4. The summed E-state index contributed by atoms with van der Waals surface area (Å²) >= 11 is 0. The lowest BCUT2D eigenvalue weighted by atomic mass is 10.1. The second-order valence-electron chi connectivity index (χ2n) is 5.33. The number of fused-ring (bicyclic) bond motifs is 1. The molecule has 0 saturated carbocycles. The van der Waals surface area contributed by atoms with Gasteiger partial charge in [0.15, 0.2) is 0 Å². The van der Waals surface area contributed by atoms with Crippen molar-refractivity contribution >= 4 is 17.5 Å². The molecule has 1 fully saturated rings. The van der Waals surface area contributed by atoms with Gasteiger partial charge in [-0.2, -0.15) is 0 Å². The Balaban J connectivity index is 1.88. The molecule has 0 aromatic heterocycles. The molecule has 1 aromatic rings. The smallest absolute Gasteiger partial charge is 0.269 e. The monoisotopic (exact) mass is 289 g/mol. The Bertz CT molecular complexity index is 629. The van der Waals surface area contributed by atoms with Gasteiger partial charge < -0.3 is 10.2 Å². The minimum atomic E-state index is -0.480. The highest BCUT2D eigenvalue weighted by molar-refractivity contribution is 6.01. The molecular weight excluding hydrogens is 274 g/mol. The fourth-order valence-electron chi connectivity index (χ4n) is 2.92. The van der Waals surface area contributed by atoms with E-state index in [2.05, 4.69) is 5.32 Å². The largest absolute Gasteiger partial charge is 0.354 e. The fraction of sp³-hybridized carbons (Fsp3) is 0.429. The predicted molar refractivity (Wildman–Crippen MR) is 73.6 cm³/mol. The number of hydrogen-bond acceptors (Lipinski definition) is 4. The maximum atomic E-state index is 12.4. The van der Waals surface area contributed by atoms with Crippen molar-refractivity contribution in [3.8, 4) is 0 Å². The summed E-state index contributed by atoms with van der Waals surface area (Å²) in [5.41, 5.74) is 1.04. The molecule has 1 atom stereocenters. The first-order valence-corrected chi connectivity index (χ1v) is 6.94. The van der Waals surface area contributed by atoms with Crippen LogP contribution in [-0.4, -0.2) is 34.2 Å². The number of amides is 2. The van der Waals surface area contributed by atoms with Crippen molar-refractivity contribution in [1.82, 2.24) is 10.2 Å². The lowest BCUT2D eigenvalue weighted by Crippen LogP contribution is -2.45. The van der Waals surface area contributed by atoms with E-state index in [1.165, 1.54) is 23.1 Å². The summed E-state index contributed by atoms with van der Waals surface area (Å²) < 4.78 is 0. The number of carbonyl (C=O) groups excluding carboxylic acids is 2. The van der Waals surface area contributed by atoms with E-state index < -0.39 is 11.0 Å². The van der Waals surface area contributed by atoms with Crippen LogP contribution in [0.25, 0.3) is 0 Å². The van der Waals surface area contributed by atoms with Gasteiger partial charge in [-0.1, -0.05) is 0 Å². The molecule has 0 aliphatic carbocycles. The summed E-state index contributed by atoms with van der Waals surface area (Å²) in [6.07, 6.45) is 2.42. The molecule has 2 amide bonds. The van der Waals surface area contributed by atoms with Crippen LogP contribution in [0.5, 0.6) is 0 Å². The lowest BCUT2D eigenvalue weighted by Gasteiger charge is -2.25. The zero-order valence-corrected chi connectivity index (χ0v) is 11.4. The molecule has 0 unspecified atom stereocenters. The molecule has 2 heterocycles. The van der Waals surface area contributed by atoms with E-state index in [0.29, 0.717) is 24.1 Å². The van der Waals surface area contributed by atoms with Gasteiger partial charge >= 0.3 is 0 Å². The Hall–Kier alpha value is -2.44. The van der Waals surface area contributed by atoms with Gasteiger partial charge in [-0.15, -0.1) is 0 Å². The Labute approximate surface area is 121 Å². The minimum absolute atomic E-state index is 0.0336. The van der Waals surface area contributed by atoms with Crippen molar-refractivity contribution in [3.05, 3.63) is 39.4 Å². The molecule has 0 radical (unpaired) electrons. The fourth-order valence-corrected chi connectivity index (χ4v) is 2.92. The predicted octanol–water partition coefficient (Wildman–Crippen LogP) is 1.22. The summed E-state index contributed by atoms with van der Waals surface area (Å²) in [7, 11) is 0. The molecule has 2 aliphatic rings. The molecule has 1 saturated heterocycles. The lowest BCUT2D eigenvalue weighted by molar-refractivity contribution is -0.384. The first-order valence-electron chi connectivity index (χ1n) is 6.94. The summed E-state index contributed by atoms with van der Waals surface area (Å²) in [6, 6.07) is 3.74. The van der Waals surface area contributed by atoms with Crippen LogP contribution < -0.4 is 5.32 Å². The number of nitro groups is 1. The van der Waals surface area contributed by atoms with E-state index in [4.69, 9.17) is 0 Å². The second kappa shape index (κ2) is 5.16. The number of nitro benzene ring substituents is 1. The Morgan fingerprint density at radius 1 is 1.29 bits per heavy atom. The van der Waals surface area contributed by atoms with Crippen molar-refractivity contribution in [2.24, 2.45) is 0 Å². The van der Waals surface area contributed by atoms with Gasteiger partial charge in [-0.3, -0.25) is 19.7 Å². The van der Waals surface area contributed by atoms with Crippen LogP contribution in [0, 0.1) is 10.1 Å². The quantitative estimate of drug-likeness (QED) is 0.654. The van der Waals surface area contributed by atoms with Crippen LogP contribution in [0.4, 0.5) is 5.69 Å². The summed E-state index contributed by atoms with van der Waals surface area (Å²) in [6.45, 7) is 0.893. The standard InChI is InChI=1S/C14H15N3O4/c18-13-12(3-1-2-6-15-13)16-8-9-7-10(17(20)21)4-5-11(9)14(16)19/h4-5,7,12H,1-3,6,8H2,(H,15,18)/t12-/m0/s1. The highest BCUT2D eigenvalue weighted by Crippen LogP contribution is 2.29. The van der Waals surface area contributed by atoms with Crippen LogP contribution in [0.3, 0.4) is 0 Å².